The van der Waals surface area contributed by atoms with Crippen LogP contribution in [-0.4, -0.2) is 50.3 Å². The molecular weight excluding hydrogens is 188 g/mol. The Labute approximate surface area is 92.5 Å². The Morgan fingerprint density at radius 1 is 1.60 bits per heavy atom. The lowest BCUT2D eigenvalue weighted by Crippen LogP contribution is -2.41. The molecule has 0 saturated carbocycles. The van der Waals surface area contributed by atoms with Gasteiger partial charge in [0.1, 0.15) is 0 Å². The number of ether oxygens (including phenoxy) is 1. The minimum Gasteiger partial charge on any atom is -0.376 e. The Hall–Kier alpha value is -0.380. The highest BCUT2D eigenvalue weighted by Gasteiger charge is 2.16. The van der Waals surface area contributed by atoms with Gasteiger partial charge in [-0.15, -0.1) is 0 Å². The lowest BCUT2D eigenvalue weighted by molar-refractivity contribution is 0.0177. The first-order valence-corrected chi connectivity index (χ1v) is 6.05. The third kappa shape index (κ3) is 3.59. The molecule has 2 heterocycles. The molecule has 0 aromatic rings. The van der Waals surface area contributed by atoms with E-state index in [4.69, 9.17) is 4.74 Å². The van der Waals surface area contributed by atoms with Crippen LogP contribution in [0.2, 0.25) is 0 Å². The highest BCUT2D eigenvalue weighted by Crippen LogP contribution is 2.10. The summed E-state index contributed by atoms with van der Waals surface area (Å²) in [5.74, 6) is 0. The van der Waals surface area contributed by atoms with Gasteiger partial charge in [-0.3, -0.25) is 4.90 Å². The van der Waals surface area contributed by atoms with Crippen molar-refractivity contribution in [3.8, 4) is 0 Å². The summed E-state index contributed by atoms with van der Waals surface area (Å²) in [5.41, 5.74) is 1.52. The standard InChI is InChI=1S/C12H22N2O/c1-11-3-2-6-14(10-11)7-4-12-9-13-5-8-15-12/h3,12-13H,2,4-10H2,1H3. The van der Waals surface area contributed by atoms with Crippen molar-refractivity contribution >= 4 is 0 Å². The number of rotatable bonds is 3. The fraction of sp³-hybridized carbons (Fsp3) is 0.833. The van der Waals surface area contributed by atoms with Gasteiger partial charge in [0.2, 0.25) is 0 Å². The van der Waals surface area contributed by atoms with Crippen LogP contribution in [0.1, 0.15) is 19.8 Å². The molecule has 0 bridgehead atoms. The van der Waals surface area contributed by atoms with Crippen LogP contribution in [0.4, 0.5) is 0 Å². The molecule has 0 amide bonds. The summed E-state index contributed by atoms with van der Waals surface area (Å²) in [5, 5.41) is 3.38. The van der Waals surface area contributed by atoms with Crippen LogP contribution in [0.5, 0.6) is 0 Å². The molecule has 86 valence electrons. The van der Waals surface area contributed by atoms with Gasteiger partial charge < -0.3 is 10.1 Å². The number of nitrogens with one attached hydrogen (secondary N) is 1. The van der Waals surface area contributed by atoms with E-state index in [-0.39, 0.29) is 0 Å². The average molecular weight is 210 g/mol. The van der Waals surface area contributed by atoms with Crippen molar-refractivity contribution in [2.75, 3.05) is 39.3 Å². The smallest absolute Gasteiger partial charge is 0.0712 e. The molecule has 0 radical (unpaired) electrons. The van der Waals surface area contributed by atoms with Crippen molar-refractivity contribution in [1.29, 1.82) is 0 Å². The van der Waals surface area contributed by atoms with Crippen LogP contribution >= 0.6 is 0 Å². The SMILES string of the molecule is CC1=CCCN(CCC2CNCCO2)C1. The number of nitrogens with zero attached hydrogens (tertiary/aromatic N) is 1. The van der Waals surface area contributed by atoms with E-state index >= 15 is 0 Å². The second kappa shape index (κ2) is 5.64. The fourth-order valence-corrected chi connectivity index (χ4v) is 2.31. The predicted molar refractivity (Wildman–Crippen MR) is 62.0 cm³/mol. The highest BCUT2D eigenvalue weighted by atomic mass is 16.5. The van der Waals surface area contributed by atoms with Crippen molar-refractivity contribution in [2.45, 2.75) is 25.9 Å². The minimum atomic E-state index is 0.435. The highest BCUT2D eigenvalue weighted by molar-refractivity contribution is 5.04. The van der Waals surface area contributed by atoms with Gasteiger partial charge in [-0.1, -0.05) is 11.6 Å². The Morgan fingerprint density at radius 3 is 3.27 bits per heavy atom. The second-order valence-corrected chi connectivity index (χ2v) is 4.60. The van der Waals surface area contributed by atoms with Gasteiger partial charge >= 0.3 is 0 Å². The van der Waals surface area contributed by atoms with E-state index in [0.29, 0.717) is 6.10 Å². The third-order valence-electron chi connectivity index (χ3n) is 3.18. The lowest BCUT2D eigenvalue weighted by Gasteiger charge is -2.29. The predicted octanol–water partition coefficient (Wildman–Crippen LogP) is 1.02. The Morgan fingerprint density at radius 2 is 2.53 bits per heavy atom. The van der Waals surface area contributed by atoms with Gasteiger partial charge in [0, 0.05) is 32.7 Å². The van der Waals surface area contributed by atoms with Crippen LogP contribution in [0.3, 0.4) is 0 Å². The maximum atomic E-state index is 5.69. The average Bonchev–Trinajstić information content (AvgIpc) is 2.28. The van der Waals surface area contributed by atoms with Crippen molar-refractivity contribution in [3.63, 3.8) is 0 Å². The third-order valence-corrected chi connectivity index (χ3v) is 3.18. The maximum Gasteiger partial charge on any atom is 0.0712 e. The molecule has 3 heteroatoms. The summed E-state index contributed by atoms with van der Waals surface area (Å²) in [6.45, 7) is 8.70. The van der Waals surface area contributed by atoms with E-state index in [9.17, 15) is 0 Å². The van der Waals surface area contributed by atoms with Crippen molar-refractivity contribution < 1.29 is 4.74 Å². The van der Waals surface area contributed by atoms with Gasteiger partial charge in [0.15, 0.2) is 0 Å². The normalized spacial score (nSPS) is 28.9. The molecule has 2 rings (SSSR count). The molecule has 3 nitrogen and oxygen atoms in total. The van der Waals surface area contributed by atoms with Crippen molar-refractivity contribution in [2.24, 2.45) is 0 Å². The van der Waals surface area contributed by atoms with E-state index in [0.717, 1.165) is 26.2 Å². The molecule has 1 N–H and O–H groups in total. The van der Waals surface area contributed by atoms with Crippen LogP contribution in [0, 0.1) is 0 Å². The quantitative estimate of drug-likeness (QED) is 0.704. The van der Waals surface area contributed by atoms with Gasteiger partial charge in [-0.2, -0.15) is 0 Å². The summed E-state index contributed by atoms with van der Waals surface area (Å²) in [6.07, 6.45) is 5.18. The molecular formula is C12H22N2O. The molecule has 1 fully saturated rings. The second-order valence-electron chi connectivity index (χ2n) is 4.60. The topological polar surface area (TPSA) is 24.5 Å². The van der Waals surface area contributed by atoms with E-state index in [1.54, 1.807) is 0 Å². The Balaban J connectivity index is 1.66. The summed E-state index contributed by atoms with van der Waals surface area (Å²) >= 11 is 0. The molecule has 2 aliphatic heterocycles. The molecule has 1 atom stereocenters. The largest absolute Gasteiger partial charge is 0.376 e. The van der Waals surface area contributed by atoms with Crippen molar-refractivity contribution in [1.82, 2.24) is 10.2 Å². The first-order chi connectivity index (χ1) is 7.34. The molecule has 0 spiro atoms. The Bertz CT molecular complexity index is 222. The molecule has 1 saturated heterocycles. The van der Waals surface area contributed by atoms with Crippen molar-refractivity contribution in [3.05, 3.63) is 11.6 Å². The van der Waals surface area contributed by atoms with Crippen LogP contribution in [0.15, 0.2) is 11.6 Å². The van der Waals surface area contributed by atoms with Gasteiger partial charge in [-0.05, 0) is 19.8 Å². The molecule has 15 heavy (non-hydrogen) atoms. The number of morpholine rings is 1. The zero-order chi connectivity index (χ0) is 10.5. The van der Waals surface area contributed by atoms with Gasteiger partial charge in [0.05, 0.1) is 12.7 Å². The van der Waals surface area contributed by atoms with Crippen LogP contribution < -0.4 is 5.32 Å². The first-order valence-electron chi connectivity index (χ1n) is 6.05. The molecule has 1 unspecified atom stereocenters. The summed E-state index contributed by atoms with van der Waals surface area (Å²) < 4.78 is 5.69. The van der Waals surface area contributed by atoms with Crippen LogP contribution in [0.25, 0.3) is 0 Å². The summed E-state index contributed by atoms with van der Waals surface area (Å²) in [6, 6.07) is 0. The summed E-state index contributed by atoms with van der Waals surface area (Å²) in [7, 11) is 0. The monoisotopic (exact) mass is 210 g/mol. The maximum absolute atomic E-state index is 5.69. The molecule has 0 aromatic carbocycles. The Kier molecular flexibility index (Phi) is 4.18. The van der Waals surface area contributed by atoms with E-state index in [1.807, 2.05) is 0 Å². The summed E-state index contributed by atoms with van der Waals surface area (Å²) in [4.78, 5) is 2.54. The van der Waals surface area contributed by atoms with E-state index in [2.05, 4.69) is 23.2 Å². The van der Waals surface area contributed by atoms with Crippen LogP contribution in [-0.2, 0) is 4.74 Å². The van der Waals surface area contributed by atoms with Gasteiger partial charge in [0.25, 0.3) is 0 Å². The minimum absolute atomic E-state index is 0.435. The van der Waals surface area contributed by atoms with E-state index < -0.39 is 0 Å². The fourth-order valence-electron chi connectivity index (χ4n) is 2.31. The number of hydrogen-bond donors (Lipinski definition) is 1. The molecule has 2 aliphatic rings. The molecule has 0 aliphatic carbocycles. The first kappa shape index (κ1) is 11.1. The van der Waals surface area contributed by atoms with E-state index in [1.165, 1.54) is 31.5 Å². The van der Waals surface area contributed by atoms with Gasteiger partial charge in [-0.25, -0.2) is 0 Å². The zero-order valence-electron chi connectivity index (χ0n) is 9.67. The number of hydrogen-bond acceptors (Lipinski definition) is 3. The zero-order valence-corrected chi connectivity index (χ0v) is 9.67. The lowest BCUT2D eigenvalue weighted by atomic mass is 10.1. The molecule has 0 aromatic heterocycles.